The molecule has 0 fully saturated rings. The second-order valence-electron chi connectivity index (χ2n) is 1.52. The molecular formula is C4H13ClP2Pd. The molecule has 0 unspecified atom stereocenters. The Morgan fingerprint density at radius 2 is 1.12 bits per heavy atom. The summed E-state index contributed by atoms with van der Waals surface area (Å²) in [5, 5.41) is 0. The van der Waals surface area contributed by atoms with Gasteiger partial charge in [-0.2, -0.15) is 0 Å². The van der Waals surface area contributed by atoms with Crippen molar-refractivity contribution < 1.29 is 17.0 Å². The fraction of sp³-hybridized carbons (Fsp3) is 1.00. The zero-order valence-electron chi connectivity index (χ0n) is 5.62. The van der Waals surface area contributed by atoms with Crippen molar-refractivity contribution in [3.8, 4) is 0 Å². The van der Waals surface area contributed by atoms with Crippen molar-refractivity contribution in [3.63, 3.8) is 0 Å². The smallest absolute Gasteiger partial charge is 0.147 e. The molecule has 0 spiro atoms. The molecule has 0 bridgehead atoms. The molecule has 0 heterocycles. The zero-order chi connectivity index (χ0) is 5.86. The predicted molar refractivity (Wildman–Crippen MR) is 44.8 cm³/mol. The van der Waals surface area contributed by atoms with Crippen molar-refractivity contribution in [2.24, 2.45) is 0 Å². The van der Waals surface area contributed by atoms with E-state index in [1.807, 2.05) is 0 Å². The van der Waals surface area contributed by atoms with Crippen LogP contribution in [0.1, 0.15) is 0 Å². The first-order valence-electron chi connectivity index (χ1n) is 2.07. The number of hydrogen-bond donors (Lipinski definition) is 0. The van der Waals surface area contributed by atoms with Crippen LogP contribution in [0.2, 0.25) is 0 Å². The Morgan fingerprint density at radius 3 is 1.12 bits per heavy atom. The maximum absolute atomic E-state index is 2.37. The van der Waals surface area contributed by atoms with Crippen molar-refractivity contribution >= 4 is 24.6 Å². The zero-order valence-corrected chi connectivity index (χ0v) is 9.78. The second-order valence-corrected chi connectivity index (χ2v) is 16.1. The van der Waals surface area contributed by atoms with Crippen molar-refractivity contribution in [2.75, 3.05) is 26.7 Å². The third-order valence-corrected chi connectivity index (χ3v) is 13.5. The van der Waals surface area contributed by atoms with Crippen molar-refractivity contribution in [2.45, 2.75) is 0 Å². The van der Waals surface area contributed by atoms with Crippen LogP contribution in [0.25, 0.3) is 0 Å². The van der Waals surface area contributed by atoms with Gasteiger partial charge < -0.3 is 0 Å². The molecule has 0 aliphatic heterocycles. The monoisotopic (exact) mass is 264 g/mol. The molecule has 0 atom stereocenters. The van der Waals surface area contributed by atoms with E-state index in [1.165, 1.54) is 0 Å². The number of rotatable bonds is 2. The van der Waals surface area contributed by atoms with Gasteiger partial charge in [-0.3, -0.25) is 0 Å². The van der Waals surface area contributed by atoms with E-state index in [2.05, 4.69) is 26.7 Å². The van der Waals surface area contributed by atoms with E-state index in [4.69, 9.17) is 0 Å². The molecule has 0 saturated carbocycles. The van der Waals surface area contributed by atoms with Crippen LogP contribution in [0, 0.1) is 0 Å². The molecule has 0 rings (SSSR count). The van der Waals surface area contributed by atoms with Gasteiger partial charge in [0, 0.05) is 0 Å². The van der Waals surface area contributed by atoms with Crippen LogP contribution in [0.15, 0.2) is 0 Å². The fourth-order valence-corrected chi connectivity index (χ4v) is 13.5. The largest absolute Gasteiger partial charge is 0.147 e. The summed E-state index contributed by atoms with van der Waals surface area (Å²) in [7, 11) is 0. The van der Waals surface area contributed by atoms with Gasteiger partial charge in [-0.05, 0) is 0 Å². The van der Waals surface area contributed by atoms with E-state index < -0.39 is 0 Å². The Morgan fingerprint density at radius 1 is 0.875 bits per heavy atom. The van der Waals surface area contributed by atoms with Crippen LogP contribution in [0.3, 0.4) is 0 Å². The topological polar surface area (TPSA) is 0 Å². The average molecular weight is 265 g/mol. The van der Waals surface area contributed by atoms with Gasteiger partial charge in [-0.25, -0.2) is 0 Å². The van der Waals surface area contributed by atoms with Gasteiger partial charge >= 0.3 is 55.9 Å². The van der Waals surface area contributed by atoms with Crippen LogP contribution in [-0.2, 0) is 17.0 Å². The van der Waals surface area contributed by atoms with Gasteiger partial charge in [-0.1, -0.05) is 0 Å². The maximum atomic E-state index is 2.37. The number of hydrogen-bond acceptors (Lipinski definition) is 0. The molecule has 0 amide bonds. The minimum Gasteiger partial charge on any atom is -0.147 e. The van der Waals surface area contributed by atoms with Gasteiger partial charge in [-0.15, -0.1) is 12.4 Å². The van der Waals surface area contributed by atoms with E-state index in [0.717, 1.165) is 17.0 Å². The van der Waals surface area contributed by atoms with Gasteiger partial charge in [0.15, 0.2) is 0 Å². The van der Waals surface area contributed by atoms with E-state index in [-0.39, 0.29) is 12.4 Å². The molecule has 0 N–H and O–H groups in total. The summed E-state index contributed by atoms with van der Waals surface area (Å²) in [5.74, 6) is 0. The van der Waals surface area contributed by atoms with E-state index in [1.54, 1.807) is 0 Å². The van der Waals surface area contributed by atoms with Crippen LogP contribution in [0.5, 0.6) is 0 Å². The summed E-state index contributed by atoms with van der Waals surface area (Å²) in [4.78, 5) is 0. The van der Waals surface area contributed by atoms with E-state index in [9.17, 15) is 0 Å². The summed E-state index contributed by atoms with van der Waals surface area (Å²) in [6.07, 6.45) is 0.878. The average Bonchev–Trinajstić information content (AvgIpc) is 1.27. The van der Waals surface area contributed by atoms with Crippen LogP contribution >= 0.6 is 24.6 Å². The standard InChI is InChI=1S/2C2H6P.ClH.Pd/c2*1-3-2;;/h2*1-2H3;1H;/q2*-1;;+2. The third-order valence-electron chi connectivity index (χ3n) is 0.253. The molecule has 56 valence electrons. The Labute approximate surface area is 68.2 Å². The molecule has 0 radical (unpaired) electrons. The normalized spacial score (nSPS) is 10.2. The van der Waals surface area contributed by atoms with Crippen LogP contribution < -0.4 is 0 Å². The van der Waals surface area contributed by atoms with Crippen molar-refractivity contribution in [1.82, 2.24) is 0 Å². The first-order valence-corrected chi connectivity index (χ1v) is 10.4. The molecular weight excluding hydrogens is 252 g/mol. The molecule has 0 aliphatic rings. The predicted octanol–water partition coefficient (Wildman–Crippen LogP) is 2.80. The molecule has 8 heavy (non-hydrogen) atoms. The van der Waals surface area contributed by atoms with Gasteiger partial charge in [0.1, 0.15) is 0 Å². The first-order chi connectivity index (χ1) is 3.13. The van der Waals surface area contributed by atoms with E-state index in [0.29, 0.717) is 12.2 Å². The van der Waals surface area contributed by atoms with Gasteiger partial charge in [0.25, 0.3) is 0 Å². The Kier molecular flexibility index (Phi) is 10.8. The molecule has 0 aromatic carbocycles. The summed E-state index contributed by atoms with van der Waals surface area (Å²) in [5.41, 5.74) is 0. The third kappa shape index (κ3) is 10.7. The first kappa shape index (κ1) is 12.5. The Hall–Kier alpha value is 1.81. The summed E-state index contributed by atoms with van der Waals surface area (Å²) >= 11 is 1.10. The number of halogens is 1. The van der Waals surface area contributed by atoms with Crippen molar-refractivity contribution in [1.29, 1.82) is 0 Å². The maximum Gasteiger partial charge on any atom is -0.147 e. The minimum atomic E-state index is 0. The van der Waals surface area contributed by atoms with E-state index >= 15 is 0 Å². The quantitative estimate of drug-likeness (QED) is 0.532. The molecule has 0 aliphatic carbocycles. The second kappa shape index (κ2) is 6.93. The summed E-state index contributed by atoms with van der Waals surface area (Å²) in [6, 6.07) is 0. The summed E-state index contributed by atoms with van der Waals surface area (Å²) in [6.45, 7) is 9.47. The van der Waals surface area contributed by atoms with Crippen LogP contribution in [-0.4, -0.2) is 26.7 Å². The van der Waals surface area contributed by atoms with Crippen molar-refractivity contribution in [3.05, 3.63) is 0 Å². The van der Waals surface area contributed by atoms with Crippen LogP contribution in [0.4, 0.5) is 0 Å². The van der Waals surface area contributed by atoms with Gasteiger partial charge in [0.2, 0.25) is 0 Å². The molecule has 0 aromatic heterocycles. The minimum absolute atomic E-state index is 0. The summed E-state index contributed by atoms with van der Waals surface area (Å²) < 4.78 is 0. The molecule has 0 aromatic rings. The fourth-order valence-electron chi connectivity index (χ4n) is 0.253. The van der Waals surface area contributed by atoms with Gasteiger partial charge in [0.05, 0.1) is 0 Å². The molecule has 0 saturated heterocycles. The molecule has 4 heteroatoms. The molecule has 0 nitrogen and oxygen atoms in total. The SMILES string of the molecule is C[P](C)[Pd][P](C)C.Cl. The Bertz CT molecular complexity index is 43.3. The Balaban J connectivity index is 0.